The van der Waals surface area contributed by atoms with Gasteiger partial charge in [-0.3, -0.25) is 0 Å². The summed E-state index contributed by atoms with van der Waals surface area (Å²) in [6, 6.07) is 5.17. The summed E-state index contributed by atoms with van der Waals surface area (Å²) in [6.07, 6.45) is 3.17. The van der Waals surface area contributed by atoms with E-state index in [0.717, 1.165) is 17.0 Å². The fourth-order valence-electron chi connectivity index (χ4n) is 1.76. The van der Waals surface area contributed by atoms with Gasteiger partial charge in [-0.25, -0.2) is 9.78 Å². The van der Waals surface area contributed by atoms with Crippen LogP contribution in [0.3, 0.4) is 0 Å². The van der Waals surface area contributed by atoms with Gasteiger partial charge in [0, 0.05) is 41.1 Å². The van der Waals surface area contributed by atoms with Crippen molar-refractivity contribution in [3.63, 3.8) is 0 Å². The molecule has 1 aromatic carbocycles. The minimum Gasteiger partial charge on any atom is -0.338 e. The highest BCUT2D eigenvalue weighted by Gasteiger charge is 2.04. The van der Waals surface area contributed by atoms with Crippen LogP contribution in [-0.4, -0.2) is 24.1 Å². The van der Waals surface area contributed by atoms with Crippen molar-refractivity contribution in [1.82, 2.24) is 15.6 Å². The Morgan fingerprint density at radius 2 is 1.95 bits per heavy atom. The molecular weight excluding hydrogens is 329 g/mol. The molecule has 0 radical (unpaired) electrons. The van der Waals surface area contributed by atoms with E-state index >= 15 is 0 Å². The normalized spacial score (nSPS) is 10.4. The van der Waals surface area contributed by atoms with Crippen molar-refractivity contribution >= 4 is 40.6 Å². The largest absolute Gasteiger partial charge is 0.338 e. The quantitative estimate of drug-likeness (QED) is 0.842. The third-order valence-electron chi connectivity index (χ3n) is 2.80. The van der Waals surface area contributed by atoms with Crippen LogP contribution < -0.4 is 10.6 Å². The van der Waals surface area contributed by atoms with E-state index in [1.165, 1.54) is 0 Å². The molecule has 4 nitrogen and oxygen atoms in total. The van der Waals surface area contributed by atoms with E-state index in [1.54, 1.807) is 29.7 Å². The molecule has 0 atom stereocenters. The van der Waals surface area contributed by atoms with Gasteiger partial charge in [-0.2, -0.15) is 0 Å². The predicted octanol–water partition coefficient (Wildman–Crippen LogP) is 3.53. The van der Waals surface area contributed by atoms with Crippen molar-refractivity contribution in [2.45, 2.75) is 12.8 Å². The molecule has 112 valence electrons. The van der Waals surface area contributed by atoms with E-state index in [4.69, 9.17) is 23.2 Å². The first kappa shape index (κ1) is 16.1. The number of thiazole rings is 1. The number of amides is 2. The van der Waals surface area contributed by atoms with E-state index in [2.05, 4.69) is 15.6 Å². The molecule has 0 spiro atoms. The van der Waals surface area contributed by atoms with Crippen molar-refractivity contribution in [3.05, 3.63) is 50.4 Å². The third-order valence-corrected chi connectivity index (χ3v) is 4.23. The molecule has 0 fully saturated rings. The number of hydrogen-bond donors (Lipinski definition) is 2. The molecule has 2 rings (SSSR count). The maximum absolute atomic E-state index is 11.6. The molecule has 0 unspecified atom stereocenters. The van der Waals surface area contributed by atoms with Crippen LogP contribution >= 0.6 is 34.5 Å². The minimum absolute atomic E-state index is 0.184. The molecule has 0 aliphatic heterocycles. The summed E-state index contributed by atoms with van der Waals surface area (Å²) < 4.78 is 0. The standard InChI is InChI=1S/C14H15Cl2N3OS/c15-11-2-1-10(12(16)9-11)3-5-18-14(20)19-6-4-13-17-7-8-21-13/h1-2,7-9H,3-6H2,(H2,18,19,20). The third kappa shape index (κ3) is 5.53. The van der Waals surface area contributed by atoms with Crippen molar-refractivity contribution < 1.29 is 4.79 Å². The van der Waals surface area contributed by atoms with Gasteiger partial charge in [0.25, 0.3) is 0 Å². The second kappa shape index (κ2) is 8.22. The number of benzene rings is 1. The second-order valence-corrected chi connectivity index (χ2v) is 6.17. The Bertz CT molecular complexity index is 590. The Morgan fingerprint density at radius 3 is 2.62 bits per heavy atom. The Hall–Kier alpha value is -1.30. The van der Waals surface area contributed by atoms with Gasteiger partial charge in [-0.05, 0) is 24.1 Å². The van der Waals surface area contributed by atoms with Crippen LogP contribution in [0.4, 0.5) is 4.79 Å². The lowest BCUT2D eigenvalue weighted by Crippen LogP contribution is -2.37. The number of carbonyl (C=O) groups excluding carboxylic acids is 1. The molecule has 0 saturated carbocycles. The molecule has 0 bridgehead atoms. The van der Waals surface area contributed by atoms with Crippen LogP contribution in [0, 0.1) is 0 Å². The van der Waals surface area contributed by atoms with Gasteiger partial charge in [0.15, 0.2) is 0 Å². The summed E-state index contributed by atoms with van der Waals surface area (Å²) >= 11 is 13.5. The fraction of sp³-hybridized carbons (Fsp3) is 0.286. The summed E-state index contributed by atoms with van der Waals surface area (Å²) in [6.45, 7) is 1.09. The summed E-state index contributed by atoms with van der Waals surface area (Å²) in [5.74, 6) is 0. The fourth-order valence-corrected chi connectivity index (χ4v) is 2.88. The average Bonchev–Trinajstić information content (AvgIpc) is 2.94. The number of carbonyl (C=O) groups is 1. The number of aromatic nitrogens is 1. The van der Waals surface area contributed by atoms with E-state index in [0.29, 0.717) is 29.6 Å². The molecule has 1 aromatic heterocycles. The monoisotopic (exact) mass is 343 g/mol. The maximum atomic E-state index is 11.6. The van der Waals surface area contributed by atoms with Gasteiger partial charge in [-0.1, -0.05) is 29.3 Å². The second-order valence-electron chi connectivity index (χ2n) is 4.34. The SMILES string of the molecule is O=C(NCCc1nccs1)NCCc1ccc(Cl)cc1Cl. The topological polar surface area (TPSA) is 54.0 Å². The molecule has 7 heteroatoms. The van der Waals surface area contributed by atoms with Gasteiger partial charge in [0.2, 0.25) is 0 Å². The van der Waals surface area contributed by atoms with Crippen LogP contribution in [0.5, 0.6) is 0 Å². The van der Waals surface area contributed by atoms with Gasteiger partial charge in [0.05, 0.1) is 5.01 Å². The van der Waals surface area contributed by atoms with Crippen LogP contribution in [0.25, 0.3) is 0 Å². The lowest BCUT2D eigenvalue weighted by molar-refractivity contribution is 0.241. The summed E-state index contributed by atoms with van der Waals surface area (Å²) in [4.78, 5) is 15.8. The highest BCUT2D eigenvalue weighted by molar-refractivity contribution is 7.09. The Morgan fingerprint density at radius 1 is 1.19 bits per heavy atom. The lowest BCUT2D eigenvalue weighted by Gasteiger charge is -2.08. The molecule has 0 aliphatic rings. The van der Waals surface area contributed by atoms with E-state index in [1.807, 2.05) is 11.4 Å². The first-order chi connectivity index (χ1) is 10.1. The molecular formula is C14H15Cl2N3OS. The van der Waals surface area contributed by atoms with Crippen LogP contribution in [0.1, 0.15) is 10.6 Å². The summed E-state index contributed by atoms with van der Waals surface area (Å²) in [7, 11) is 0. The summed E-state index contributed by atoms with van der Waals surface area (Å²) in [5.41, 5.74) is 0.962. The van der Waals surface area contributed by atoms with Crippen LogP contribution in [0.2, 0.25) is 10.0 Å². The van der Waals surface area contributed by atoms with E-state index in [-0.39, 0.29) is 6.03 Å². The first-order valence-electron chi connectivity index (χ1n) is 6.49. The van der Waals surface area contributed by atoms with E-state index < -0.39 is 0 Å². The van der Waals surface area contributed by atoms with Gasteiger partial charge in [-0.15, -0.1) is 11.3 Å². The highest BCUT2D eigenvalue weighted by atomic mass is 35.5. The Balaban J connectivity index is 1.64. The highest BCUT2D eigenvalue weighted by Crippen LogP contribution is 2.20. The van der Waals surface area contributed by atoms with Crippen molar-refractivity contribution in [1.29, 1.82) is 0 Å². The molecule has 2 aromatic rings. The maximum Gasteiger partial charge on any atom is 0.314 e. The number of urea groups is 1. The van der Waals surface area contributed by atoms with Gasteiger partial charge in [0.1, 0.15) is 0 Å². The molecule has 0 saturated heterocycles. The minimum atomic E-state index is -0.184. The first-order valence-corrected chi connectivity index (χ1v) is 8.12. The van der Waals surface area contributed by atoms with E-state index in [9.17, 15) is 4.79 Å². The predicted molar refractivity (Wildman–Crippen MR) is 87.4 cm³/mol. The molecule has 2 amide bonds. The van der Waals surface area contributed by atoms with Crippen molar-refractivity contribution in [2.24, 2.45) is 0 Å². The number of nitrogens with zero attached hydrogens (tertiary/aromatic N) is 1. The molecule has 0 aliphatic carbocycles. The van der Waals surface area contributed by atoms with Crippen molar-refractivity contribution in [2.75, 3.05) is 13.1 Å². The molecule has 21 heavy (non-hydrogen) atoms. The zero-order chi connectivity index (χ0) is 15.1. The molecule has 2 N–H and O–H groups in total. The molecule has 1 heterocycles. The smallest absolute Gasteiger partial charge is 0.314 e. The number of rotatable bonds is 6. The number of hydrogen-bond acceptors (Lipinski definition) is 3. The lowest BCUT2D eigenvalue weighted by atomic mass is 10.1. The zero-order valence-electron chi connectivity index (χ0n) is 11.2. The Kier molecular flexibility index (Phi) is 6.29. The van der Waals surface area contributed by atoms with Crippen LogP contribution in [0.15, 0.2) is 29.8 Å². The average molecular weight is 344 g/mol. The number of halogens is 2. The van der Waals surface area contributed by atoms with Gasteiger partial charge >= 0.3 is 6.03 Å². The zero-order valence-corrected chi connectivity index (χ0v) is 13.6. The number of nitrogens with one attached hydrogen (secondary N) is 2. The van der Waals surface area contributed by atoms with Crippen molar-refractivity contribution in [3.8, 4) is 0 Å². The Labute approximate surface area is 137 Å². The summed E-state index contributed by atoms with van der Waals surface area (Å²) in [5, 5.41) is 9.75. The van der Waals surface area contributed by atoms with Crippen LogP contribution in [-0.2, 0) is 12.8 Å². The van der Waals surface area contributed by atoms with Gasteiger partial charge < -0.3 is 10.6 Å².